The SMILES string of the molecule is CCNC(=NCCOCC1CCCO1)NC1CCN(c2ccccc2)C1.I. The Kier molecular flexibility index (Phi) is 10.2. The summed E-state index contributed by atoms with van der Waals surface area (Å²) >= 11 is 0. The van der Waals surface area contributed by atoms with E-state index in [1.54, 1.807) is 0 Å². The normalized spacial score (nSPS) is 22.6. The third kappa shape index (κ3) is 7.46. The van der Waals surface area contributed by atoms with Gasteiger partial charge in [0.2, 0.25) is 0 Å². The number of anilines is 1. The molecular formula is C20H33IN4O2. The fourth-order valence-corrected chi connectivity index (χ4v) is 3.48. The zero-order valence-electron chi connectivity index (χ0n) is 16.2. The Morgan fingerprint density at radius 2 is 2.15 bits per heavy atom. The first-order chi connectivity index (χ1) is 12.8. The molecule has 152 valence electrons. The van der Waals surface area contributed by atoms with Gasteiger partial charge < -0.3 is 25.0 Å². The minimum absolute atomic E-state index is 0. The molecule has 2 atom stereocenters. The first-order valence-corrected chi connectivity index (χ1v) is 9.89. The summed E-state index contributed by atoms with van der Waals surface area (Å²) < 4.78 is 11.3. The number of nitrogens with one attached hydrogen (secondary N) is 2. The number of nitrogens with zero attached hydrogens (tertiary/aromatic N) is 2. The monoisotopic (exact) mass is 488 g/mol. The molecule has 2 unspecified atom stereocenters. The molecule has 2 saturated heterocycles. The number of rotatable bonds is 8. The van der Waals surface area contributed by atoms with Gasteiger partial charge in [-0.15, -0.1) is 24.0 Å². The van der Waals surface area contributed by atoms with Crippen LogP contribution in [-0.4, -0.2) is 64.1 Å². The lowest BCUT2D eigenvalue weighted by Gasteiger charge is -2.20. The predicted octanol–water partition coefficient (Wildman–Crippen LogP) is 2.63. The second kappa shape index (κ2) is 12.4. The van der Waals surface area contributed by atoms with E-state index >= 15 is 0 Å². The van der Waals surface area contributed by atoms with Crippen molar-refractivity contribution in [3.63, 3.8) is 0 Å². The minimum Gasteiger partial charge on any atom is -0.377 e. The topological polar surface area (TPSA) is 58.1 Å². The highest BCUT2D eigenvalue weighted by atomic mass is 127. The molecule has 1 aromatic rings. The Morgan fingerprint density at radius 1 is 1.30 bits per heavy atom. The van der Waals surface area contributed by atoms with Crippen LogP contribution in [0.3, 0.4) is 0 Å². The molecule has 2 aliphatic rings. The van der Waals surface area contributed by atoms with Gasteiger partial charge in [0.25, 0.3) is 0 Å². The van der Waals surface area contributed by atoms with Crippen LogP contribution < -0.4 is 15.5 Å². The zero-order valence-corrected chi connectivity index (χ0v) is 18.6. The highest BCUT2D eigenvalue weighted by Crippen LogP contribution is 2.19. The van der Waals surface area contributed by atoms with Gasteiger partial charge in [-0.1, -0.05) is 18.2 Å². The van der Waals surface area contributed by atoms with E-state index in [1.807, 2.05) is 0 Å². The summed E-state index contributed by atoms with van der Waals surface area (Å²) in [5, 5.41) is 6.90. The van der Waals surface area contributed by atoms with Gasteiger partial charge in [0.15, 0.2) is 5.96 Å². The van der Waals surface area contributed by atoms with Crippen molar-refractivity contribution in [1.82, 2.24) is 10.6 Å². The van der Waals surface area contributed by atoms with E-state index in [9.17, 15) is 0 Å². The van der Waals surface area contributed by atoms with E-state index in [-0.39, 0.29) is 30.1 Å². The fraction of sp³-hybridized carbons (Fsp3) is 0.650. The van der Waals surface area contributed by atoms with Gasteiger partial charge in [-0.05, 0) is 38.3 Å². The lowest BCUT2D eigenvalue weighted by atomic mass is 10.2. The molecular weight excluding hydrogens is 455 g/mol. The summed E-state index contributed by atoms with van der Waals surface area (Å²) in [6.45, 7) is 7.90. The number of para-hydroxylation sites is 1. The van der Waals surface area contributed by atoms with Crippen LogP contribution in [0.25, 0.3) is 0 Å². The Morgan fingerprint density at radius 3 is 2.89 bits per heavy atom. The van der Waals surface area contributed by atoms with Gasteiger partial charge in [0.05, 0.1) is 25.9 Å². The van der Waals surface area contributed by atoms with Crippen LogP contribution in [0.2, 0.25) is 0 Å². The van der Waals surface area contributed by atoms with Crippen LogP contribution in [0.1, 0.15) is 26.2 Å². The Balaban J connectivity index is 0.00000261. The number of aliphatic imine (C=N–C) groups is 1. The van der Waals surface area contributed by atoms with E-state index in [1.165, 1.54) is 5.69 Å². The van der Waals surface area contributed by atoms with Gasteiger partial charge in [-0.2, -0.15) is 0 Å². The van der Waals surface area contributed by atoms with E-state index < -0.39 is 0 Å². The fourth-order valence-electron chi connectivity index (χ4n) is 3.48. The predicted molar refractivity (Wildman–Crippen MR) is 121 cm³/mol. The average molecular weight is 488 g/mol. The van der Waals surface area contributed by atoms with Crippen molar-refractivity contribution in [2.75, 3.05) is 50.9 Å². The summed E-state index contributed by atoms with van der Waals surface area (Å²) in [7, 11) is 0. The molecule has 0 spiro atoms. The molecule has 0 saturated carbocycles. The van der Waals surface area contributed by atoms with E-state index in [2.05, 4.69) is 57.8 Å². The second-order valence-electron chi connectivity index (χ2n) is 6.88. The van der Waals surface area contributed by atoms with Crippen molar-refractivity contribution in [3.05, 3.63) is 30.3 Å². The molecule has 2 N–H and O–H groups in total. The Hall–Kier alpha value is -1.06. The molecule has 1 aromatic carbocycles. The molecule has 0 radical (unpaired) electrons. The molecule has 2 fully saturated rings. The van der Waals surface area contributed by atoms with Crippen molar-refractivity contribution in [3.8, 4) is 0 Å². The average Bonchev–Trinajstić information content (AvgIpc) is 3.34. The maximum atomic E-state index is 5.70. The Bertz CT molecular complexity index is 552. The van der Waals surface area contributed by atoms with Crippen LogP contribution in [0.15, 0.2) is 35.3 Å². The largest absolute Gasteiger partial charge is 0.377 e. The second-order valence-corrected chi connectivity index (χ2v) is 6.88. The van der Waals surface area contributed by atoms with Gasteiger partial charge in [-0.25, -0.2) is 0 Å². The van der Waals surface area contributed by atoms with Crippen molar-refractivity contribution >= 4 is 35.6 Å². The third-order valence-electron chi connectivity index (χ3n) is 4.83. The van der Waals surface area contributed by atoms with Crippen LogP contribution in [0, 0.1) is 0 Å². The molecule has 0 aliphatic carbocycles. The minimum atomic E-state index is 0. The Labute approximate surface area is 180 Å². The van der Waals surface area contributed by atoms with Gasteiger partial charge in [0, 0.05) is 38.0 Å². The molecule has 6 nitrogen and oxygen atoms in total. The third-order valence-corrected chi connectivity index (χ3v) is 4.83. The van der Waals surface area contributed by atoms with Crippen LogP contribution in [0.5, 0.6) is 0 Å². The maximum Gasteiger partial charge on any atom is 0.191 e. The van der Waals surface area contributed by atoms with Crippen molar-refractivity contribution in [1.29, 1.82) is 0 Å². The van der Waals surface area contributed by atoms with Crippen molar-refractivity contribution < 1.29 is 9.47 Å². The molecule has 7 heteroatoms. The van der Waals surface area contributed by atoms with Gasteiger partial charge in [0.1, 0.15) is 0 Å². The summed E-state index contributed by atoms with van der Waals surface area (Å²) in [6.07, 6.45) is 3.68. The van der Waals surface area contributed by atoms with E-state index in [4.69, 9.17) is 9.47 Å². The van der Waals surface area contributed by atoms with Crippen molar-refractivity contribution in [2.45, 2.75) is 38.3 Å². The summed E-state index contributed by atoms with van der Waals surface area (Å²) in [4.78, 5) is 7.07. The highest BCUT2D eigenvalue weighted by Gasteiger charge is 2.23. The quantitative estimate of drug-likeness (QED) is 0.255. The summed E-state index contributed by atoms with van der Waals surface area (Å²) in [6, 6.07) is 11.0. The maximum absolute atomic E-state index is 5.70. The van der Waals surface area contributed by atoms with E-state index in [0.717, 1.165) is 51.5 Å². The zero-order chi connectivity index (χ0) is 18.0. The van der Waals surface area contributed by atoms with Crippen molar-refractivity contribution in [2.24, 2.45) is 4.99 Å². The highest BCUT2D eigenvalue weighted by molar-refractivity contribution is 14.0. The van der Waals surface area contributed by atoms with Crippen LogP contribution in [-0.2, 0) is 9.47 Å². The molecule has 2 heterocycles. The number of hydrogen-bond donors (Lipinski definition) is 2. The first-order valence-electron chi connectivity index (χ1n) is 9.89. The first kappa shape index (κ1) is 22.2. The van der Waals surface area contributed by atoms with Crippen LogP contribution >= 0.6 is 24.0 Å². The number of halogens is 1. The molecule has 0 bridgehead atoms. The molecule has 27 heavy (non-hydrogen) atoms. The molecule has 0 amide bonds. The lowest BCUT2D eigenvalue weighted by Crippen LogP contribution is -2.44. The lowest BCUT2D eigenvalue weighted by molar-refractivity contribution is 0.0200. The molecule has 3 rings (SSSR count). The number of ether oxygens (including phenoxy) is 2. The number of hydrogen-bond acceptors (Lipinski definition) is 4. The van der Waals surface area contributed by atoms with E-state index in [0.29, 0.717) is 25.8 Å². The standard InChI is InChI=1S/C20H32N4O2.HI/c1-2-21-20(22-11-14-25-16-19-9-6-13-26-19)23-17-10-12-24(15-17)18-7-4-3-5-8-18;/h3-5,7-8,17,19H,2,6,9-16H2,1H3,(H2,21,22,23);1H. The summed E-state index contributed by atoms with van der Waals surface area (Å²) in [5.74, 6) is 0.883. The summed E-state index contributed by atoms with van der Waals surface area (Å²) in [5.41, 5.74) is 1.29. The number of benzene rings is 1. The van der Waals surface area contributed by atoms with Crippen LogP contribution in [0.4, 0.5) is 5.69 Å². The van der Waals surface area contributed by atoms with Gasteiger partial charge >= 0.3 is 0 Å². The van der Waals surface area contributed by atoms with Gasteiger partial charge in [-0.3, -0.25) is 4.99 Å². The smallest absolute Gasteiger partial charge is 0.191 e. The number of guanidine groups is 1. The molecule has 0 aromatic heterocycles. The molecule has 2 aliphatic heterocycles.